The molecule has 0 amide bonds. The number of ether oxygens (including phenoxy) is 1. The third-order valence-electron chi connectivity index (χ3n) is 2.98. The lowest BCUT2D eigenvalue weighted by molar-refractivity contribution is 0.112. The normalized spacial score (nSPS) is 10.5. The molecule has 0 aliphatic heterocycles. The van der Waals surface area contributed by atoms with Crippen molar-refractivity contribution >= 4 is 27.7 Å². The number of hydrogen-bond donors (Lipinski definition) is 0. The van der Waals surface area contributed by atoms with Gasteiger partial charge in [0.05, 0.1) is 4.70 Å². The fraction of sp³-hybridized carbons (Fsp3) is 0.0625. The molecule has 94 valence electrons. The van der Waals surface area contributed by atoms with Crippen LogP contribution in [0.5, 0.6) is 5.75 Å². The quantitative estimate of drug-likeness (QED) is 0.660. The number of rotatable bonds is 4. The van der Waals surface area contributed by atoms with Gasteiger partial charge in [0.2, 0.25) is 0 Å². The van der Waals surface area contributed by atoms with Crippen molar-refractivity contribution in [2.24, 2.45) is 0 Å². The van der Waals surface area contributed by atoms with Gasteiger partial charge in [-0.05, 0) is 29.1 Å². The van der Waals surface area contributed by atoms with Gasteiger partial charge in [0.25, 0.3) is 0 Å². The topological polar surface area (TPSA) is 26.3 Å². The van der Waals surface area contributed by atoms with Crippen LogP contribution in [0.2, 0.25) is 0 Å². The number of benzene rings is 2. The summed E-state index contributed by atoms with van der Waals surface area (Å²) in [5, 5.41) is 2.94. The highest BCUT2D eigenvalue weighted by molar-refractivity contribution is 7.17. The first-order chi connectivity index (χ1) is 9.38. The first-order valence-corrected chi connectivity index (χ1v) is 6.88. The van der Waals surface area contributed by atoms with Crippen LogP contribution in [0.25, 0.3) is 10.1 Å². The third-order valence-corrected chi connectivity index (χ3v) is 3.91. The van der Waals surface area contributed by atoms with Gasteiger partial charge in [-0.2, -0.15) is 0 Å². The minimum atomic E-state index is 0.536. The summed E-state index contributed by atoms with van der Waals surface area (Å²) in [5.41, 5.74) is 1.84. The van der Waals surface area contributed by atoms with Crippen LogP contribution in [0.1, 0.15) is 15.9 Å². The van der Waals surface area contributed by atoms with Crippen molar-refractivity contribution in [1.82, 2.24) is 0 Å². The molecule has 0 bridgehead atoms. The van der Waals surface area contributed by atoms with Gasteiger partial charge < -0.3 is 4.74 Å². The molecule has 1 heterocycles. The predicted octanol–water partition coefficient (Wildman–Crippen LogP) is 4.29. The fourth-order valence-electron chi connectivity index (χ4n) is 2.01. The van der Waals surface area contributed by atoms with E-state index in [1.54, 1.807) is 11.3 Å². The standard InChI is InChI=1S/C16H12O2S/c17-10-13-6-7-15(16-14(13)8-9-19-16)18-11-12-4-2-1-3-5-12/h1-10H,11H2. The van der Waals surface area contributed by atoms with Crippen LogP contribution in [0.15, 0.2) is 53.9 Å². The maximum atomic E-state index is 11.0. The number of aldehydes is 1. The number of hydrogen-bond acceptors (Lipinski definition) is 3. The summed E-state index contributed by atoms with van der Waals surface area (Å²) in [4.78, 5) is 11.0. The molecule has 0 radical (unpaired) electrons. The fourth-order valence-corrected chi connectivity index (χ4v) is 2.91. The molecule has 0 atom stereocenters. The SMILES string of the molecule is O=Cc1ccc(OCc2ccccc2)c2sccc12. The van der Waals surface area contributed by atoms with E-state index in [-0.39, 0.29) is 0 Å². The van der Waals surface area contributed by atoms with Crippen molar-refractivity contribution in [3.63, 3.8) is 0 Å². The van der Waals surface area contributed by atoms with E-state index in [4.69, 9.17) is 4.74 Å². The largest absolute Gasteiger partial charge is 0.487 e. The average molecular weight is 268 g/mol. The maximum absolute atomic E-state index is 11.0. The summed E-state index contributed by atoms with van der Waals surface area (Å²) in [5.74, 6) is 0.833. The number of carbonyl (C=O) groups excluding carboxylic acids is 1. The molecule has 0 aliphatic rings. The van der Waals surface area contributed by atoms with Crippen molar-refractivity contribution in [1.29, 1.82) is 0 Å². The Morgan fingerprint density at radius 2 is 1.89 bits per heavy atom. The molecule has 2 aromatic carbocycles. The van der Waals surface area contributed by atoms with Crippen LogP contribution in [0, 0.1) is 0 Å². The molecule has 3 heteroatoms. The Hall–Kier alpha value is -2.13. The highest BCUT2D eigenvalue weighted by Gasteiger charge is 2.08. The lowest BCUT2D eigenvalue weighted by Gasteiger charge is -2.08. The molecule has 0 saturated carbocycles. The van der Waals surface area contributed by atoms with E-state index in [1.807, 2.05) is 53.9 Å². The number of carbonyl (C=O) groups is 1. The second-order valence-corrected chi connectivity index (χ2v) is 5.12. The van der Waals surface area contributed by atoms with Gasteiger partial charge in [-0.3, -0.25) is 4.79 Å². The number of fused-ring (bicyclic) bond motifs is 1. The van der Waals surface area contributed by atoms with Gasteiger partial charge >= 0.3 is 0 Å². The maximum Gasteiger partial charge on any atom is 0.150 e. The second kappa shape index (κ2) is 5.24. The second-order valence-electron chi connectivity index (χ2n) is 4.21. The van der Waals surface area contributed by atoms with E-state index >= 15 is 0 Å². The van der Waals surface area contributed by atoms with Crippen LogP contribution in [0.3, 0.4) is 0 Å². The minimum absolute atomic E-state index is 0.536. The van der Waals surface area contributed by atoms with Crippen molar-refractivity contribution in [3.05, 3.63) is 65.0 Å². The average Bonchev–Trinajstić information content (AvgIpc) is 2.95. The Morgan fingerprint density at radius 3 is 2.68 bits per heavy atom. The molecule has 1 aromatic heterocycles. The summed E-state index contributed by atoms with van der Waals surface area (Å²) in [6, 6.07) is 15.7. The van der Waals surface area contributed by atoms with Gasteiger partial charge in [0.15, 0.2) is 6.29 Å². The smallest absolute Gasteiger partial charge is 0.150 e. The van der Waals surface area contributed by atoms with E-state index in [1.165, 1.54) is 0 Å². The molecule has 19 heavy (non-hydrogen) atoms. The van der Waals surface area contributed by atoms with Gasteiger partial charge in [-0.1, -0.05) is 30.3 Å². The van der Waals surface area contributed by atoms with Crippen LogP contribution < -0.4 is 4.74 Å². The first-order valence-electron chi connectivity index (χ1n) is 6.00. The number of thiophene rings is 1. The summed E-state index contributed by atoms with van der Waals surface area (Å²) in [6.45, 7) is 0.536. The molecule has 2 nitrogen and oxygen atoms in total. The Bertz CT molecular complexity index is 701. The Balaban J connectivity index is 1.89. The lowest BCUT2D eigenvalue weighted by atomic mass is 10.1. The highest BCUT2D eigenvalue weighted by atomic mass is 32.1. The van der Waals surface area contributed by atoms with Crippen LogP contribution in [-0.2, 0) is 6.61 Å². The predicted molar refractivity (Wildman–Crippen MR) is 78.0 cm³/mol. The van der Waals surface area contributed by atoms with Crippen molar-refractivity contribution in [3.8, 4) is 5.75 Å². The monoisotopic (exact) mass is 268 g/mol. The zero-order valence-electron chi connectivity index (χ0n) is 10.2. The first kappa shape index (κ1) is 11.9. The molecular formula is C16H12O2S. The molecule has 3 rings (SSSR count). The minimum Gasteiger partial charge on any atom is -0.487 e. The van der Waals surface area contributed by atoms with Gasteiger partial charge in [-0.15, -0.1) is 11.3 Å². The highest BCUT2D eigenvalue weighted by Crippen LogP contribution is 2.33. The molecule has 3 aromatic rings. The summed E-state index contributed by atoms with van der Waals surface area (Å²) in [7, 11) is 0. The molecule has 0 N–H and O–H groups in total. The van der Waals surface area contributed by atoms with Crippen molar-refractivity contribution in [2.45, 2.75) is 6.61 Å². The van der Waals surface area contributed by atoms with Crippen molar-refractivity contribution in [2.75, 3.05) is 0 Å². The molecule has 0 saturated heterocycles. The lowest BCUT2D eigenvalue weighted by Crippen LogP contribution is -1.95. The molecule has 0 aliphatic carbocycles. The van der Waals surface area contributed by atoms with Gasteiger partial charge in [-0.25, -0.2) is 0 Å². The molecule has 0 unspecified atom stereocenters. The Kier molecular flexibility index (Phi) is 3.29. The van der Waals surface area contributed by atoms with E-state index in [2.05, 4.69) is 0 Å². The Labute approximate surface area is 115 Å². The van der Waals surface area contributed by atoms with E-state index in [9.17, 15) is 4.79 Å². The zero-order valence-corrected chi connectivity index (χ0v) is 11.0. The molecular weight excluding hydrogens is 256 g/mol. The molecule has 0 fully saturated rings. The van der Waals surface area contributed by atoms with Crippen LogP contribution >= 0.6 is 11.3 Å². The Morgan fingerprint density at radius 1 is 1.05 bits per heavy atom. The van der Waals surface area contributed by atoms with E-state index < -0.39 is 0 Å². The van der Waals surface area contributed by atoms with E-state index in [0.717, 1.165) is 27.7 Å². The van der Waals surface area contributed by atoms with Crippen molar-refractivity contribution < 1.29 is 9.53 Å². The van der Waals surface area contributed by atoms with Crippen LogP contribution in [-0.4, -0.2) is 6.29 Å². The zero-order chi connectivity index (χ0) is 13.1. The molecule has 0 spiro atoms. The third kappa shape index (κ3) is 2.37. The van der Waals surface area contributed by atoms with Gasteiger partial charge in [0.1, 0.15) is 12.4 Å². The summed E-state index contributed by atoms with van der Waals surface area (Å²) < 4.78 is 6.89. The van der Waals surface area contributed by atoms with Gasteiger partial charge in [0, 0.05) is 10.9 Å². The van der Waals surface area contributed by atoms with Crippen LogP contribution in [0.4, 0.5) is 0 Å². The summed E-state index contributed by atoms with van der Waals surface area (Å²) >= 11 is 1.59. The summed E-state index contributed by atoms with van der Waals surface area (Å²) in [6.07, 6.45) is 0.885. The van der Waals surface area contributed by atoms with E-state index in [0.29, 0.717) is 12.2 Å².